The molecule has 0 rings (SSSR count). The zero-order valence-electron chi connectivity index (χ0n) is 44.8. The van der Waals surface area contributed by atoms with E-state index in [1.54, 1.807) is 0 Å². The van der Waals surface area contributed by atoms with Crippen molar-refractivity contribution < 1.29 is 28.6 Å². The maximum absolute atomic E-state index is 12.9. The van der Waals surface area contributed by atoms with Gasteiger partial charge in [-0.3, -0.25) is 14.4 Å². The van der Waals surface area contributed by atoms with Gasteiger partial charge in [0.05, 0.1) is 0 Å². The molecule has 0 aliphatic carbocycles. The molecule has 0 heterocycles. The highest BCUT2D eigenvalue weighted by molar-refractivity contribution is 5.71. The molecule has 0 amide bonds. The third kappa shape index (κ3) is 51.6. The Morgan fingerprint density at radius 3 is 0.800 bits per heavy atom. The van der Waals surface area contributed by atoms with Gasteiger partial charge < -0.3 is 14.2 Å². The molecular formula is C59H114O6. The fourth-order valence-electron chi connectivity index (χ4n) is 8.97. The first-order chi connectivity index (χ1) is 31.6. The highest BCUT2D eigenvalue weighted by Gasteiger charge is 2.19. The third-order valence-corrected chi connectivity index (χ3v) is 13.8. The lowest BCUT2D eigenvalue weighted by atomic mass is 9.99. The van der Waals surface area contributed by atoms with E-state index < -0.39 is 6.10 Å². The summed E-state index contributed by atoms with van der Waals surface area (Å²) >= 11 is 0. The van der Waals surface area contributed by atoms with Crippen LogP contribution in [0.25, 0.3) is 0 Å². The van der Waals surface area contributed by atoms with E-state index in [9.17, 15) is 14.4 Å². The van der Waals surface area contributed by atoms with Gasteiger partial charge in [0.2, 0.25) is 0 Å². The van der Waals surface area contributed by atoms with E-state index in [1.807, 2.05) is 0 Å². The van der Waals surface area contributed by atoms with Gasteiger partial charge in [-0.1, -0.05) is 286 Å². The van der Waals surface area contributed by atoms with Crippen molar-refractivity contribution in [3.63, 3.8) is 0 Å². The highest BCUT2D eigenvalue weighted by Crippen LogP contribution is 2.19. The zero-order valence-corrected chi connectivity index (χ0v) is 44.8. The van der Waals surface area contributed by atoms with Crippen LogP contribution in [0.3, 0.4) is 0 Å². The summed E-state index contributed by atoms with van der Waals surface area (Å²) in [5, 5.41) is 0. The molecule has 0 spiro atoms. The third-order valence-electron chi connectivity index (χ3n) is 13.8. The van der Waals surface area contributed by atoms with E-state index in [0.29, 0.717) is 19.3 Å². The number of esters is 3. The summed E-state index contributed by atoms with van der Waals surface area (Å²) in [6, 6.07) is 0. The molecule has 0 aromatic heterocycles. The lowest BCUT2D eigenvalue weighted by molar-refractivity contribution is -0.167. The first kappa shape index (κ1) is 63.4. The van der Waals surface area contributed by atoms with Crippen LogP contribution >= 0.6 is 0 Å². The predicted molar refractivity (Wildman–Crippen MR) is 279 cm³/mol. The number of hydrogen-bond acceptors (Lipinski definition) is 6. The summed E-state index contributed by atoms with van der Waals surface area (Å²) in [5.41, 5.74) is 0. The van der Waals surface area contributed by atoms with Crippen molar-refractivity contribution in [2.75, 3.05) is 13.2 Å². The van der Waals surface area contributed by atoms with E-state index in [4.69, 9.17) is 14.2 Å². The number of ether oxygens (including phenoxy) is 3. The van der Waals surface area contributed by atoms with Gasteiger partial charge in [0.25, 0.3) is 0 Å². The van der Waals surface area contributed by atoms with Gasteiger partial charge >= 0.3 is 17.9 Å². The van der Waals surface area contributed by atoms with Crippen molar-refractivity contribution in [1.29, 1.82) is 0 Å². The second-order valence-electron chi connectivity index (χ2n) is 21.5. The maximum atomic E-state index is 12.9. The minimum atomic E-state index is -0.764. The summed E-state index contributed by atoms with van der Waals surface area (Å²) in [4.78, 5) is 38.1. The normalized spacial score (nSPS) is 12.6. The molecule has 65 heavy (non-hydrogen) atoms. The molecule has 6 heteroatoms. The molecule has 2 atom stereocenters. The second kappa shape index (κ2) is 50.3. The Kier molecular flexibility index (Phi) is 49.1. The minimum absolute atomic E-state index is 0.0636. The average molecular weight is 920 g/mol. The van der Waals surface area contributed by atoms with Crippen molar-refractivity contribution in [2.45, 2.75) is 330 Å². The van der Waals surface area contributed by atoms with E-state index in [2.05, 4.69) is 41.5 Å². The standard InChI is InChI=1S/C59H114O6/c1-7-55(6)47-41-35-29-23-16-12-8-9-13-18-26-32-38-44-50-59(62)65-56(52-64-58(61)49-43-37-31-25-20-19-22-28-34-40-46-54(4)5)51-63-57(60)48-42-36-30-24-17-14-10-11-15-21-27-33-39-45-53(2)3/h53-56H,7-52H2,1-6H3/t55?,56-/m0/s1. The summed E-state index contributed by atoms with van der Waals surface area (Å²) in [7, 11) is 0. The van der Waals surface area contributed by atoms with Crippen LogP contribution in [0.2, 0.25) is 0 Å². The number of hydrogen-bond donors (Lipinski definition) is 0. The Morgan fingerprint density at radius 1 is 0.308 bits per heavy atom. The van der Waals surface area contributed by atoms with E-state index in [1.165, 1.54) is 205 Å². The molecule has 386 valence electrons. The van der Waals surface area contributed by atoms with Crippen LogP contribution in [0, 0.1) is 17.8 Å². The molecule has 0 aromatic carbocycles. The quantitative estimate of drug-likeness (QED) is 0.0344. The van der Waals surface area contributed by atoms with Crippen LogP contribution in [-0.4, -0.2) is 37.2 Å². The van der Waals surface area contributed by atoms with Crippen LogP contribution in [0.5, 0.6) is 0 Å². The van der Waals surface area contributed by atoms with Crippen LogP contribution in [0.4, 0.5) is 0 Å². The average Bonchev–Trinajstić information content (AvgIpc) is 3.28. The van der Waals surface area contributed by atoms with Gasteiger partial charge in [-0.2, -0.15) is 0 Å². The Labute approximate surface area is 406 Å². The first-order valence-corrected chi connectivity index (χ1v) is 29.1. The molecule has 0 aliphatic heterocycles. The molecule has 0 bridgehead atoms. The molecule has 0 N–H and O–H groups in total. The summed E-state index contributed by atoms with van der Waals surface area (Å²) in [6.45, 7) is 13.8. The van der Waals surface area contributed by atoms with Crippen molar-refractivity contribution >= 4 is 17.9 Å². The number of carbonyl (C=O) groups is 3. The molecule has 0 radical (unpaired) electrons. The first-order valence-electron chi connectivity index (χ1n) is 29.1. The number of carbonyl (C=O) groups excluding carboxylic acids is 3. The summed E-state index contributed by atoms with van der Waals surface area (Å²) in [5.74, 6) is 1.71. The van der Waals surface area contributed by atoms with Crippen molar-refractivity contribution in [1.82, 2.24) is 0 Å². The lowest BCUT2D eigenvalue weighted by Gasteiger charge is -2.18. The van der Waals surface area contributed by atoms with E-state index >= 15 is 0 Å². The molecule has 0 aliphatic rings. The summed E-state index contributed by atoms with van der Waals surface area (Å²) < 4.78 is 16.9. The van der Waals surface area contributed by atoms with E-state index in [-0.39, 0.29) is 31.1 Å². The smallest absolute Gasteiger partial charge is 0.306 e. The SMILES string of the molecule is CCC(C)CCCCCCCCCCCCCCCCC(=O)O[C@@H](COC(=O)CCCCCCCCCCCCCCCC(C)C)COC(=O)CCCCCCCCCCCCC(C)C. The van der Waals surface area contributed by atoms with Gasteiger partial charge in [0.1, 0.15) is 13.2 Å². The van der Waals surface area contributed by atoms with Crippen LogP contribution in [-0.2, 0) is 28.6 Å². The Bertz CT molecular complexity index is 1010. The van der Waals surface area contributed by atoms with E-state index in [0.717, 1.165) is 75.5 Å². The monoisotopic (exact) mass is 919 g/mol. The Hall–Kier alpha value is -1.59. The number of rotatable bonds is 52. The maximum Gasteiger partial charge on any atom is 0.306 e. The van der Waals surface area contributed by atoms with Crippen LogP contribution < -0.4 is 0 Å². The second-order valence-corrected chi connectivity index (χ2v) is 21.5. The molecule has 0 saturated carbocycles. The Balaban J connectivity index is 4.30. The van der Waals surface area contributed by atoms with Crippen molar-refractivity contribution in [3.05, 3.63) is 0 Å². The highest BCUT2D eigenvalue weighted by atomic mass is 16.6. The fraction of sp³-hybridized carbons (Fsp3) is 0.949. The molecule has 1 unspecified atom stereocenters. The predicted octanol–water partition coefficient (Wildman–Crippen LogP) is 19.1. The van der Waals surface area contributed by atoms with Crippen molar-refractivity contribution in [3.8, 4) is 0 Å². The van der Waals surface area contributed by atoms with Gasteiger partial charge in [-0.15, -0.1) is 0 Å². The zero-order chi connectivity index (χ0) is 47.7. The van der Waals surface area contributed by atoms with Gasteiger partial charge in [-0.05, 0) is 37.0 Å². The van der Waals surface area contributed by atoms with Gasteiger partial charge in [0.15, 0.2) is 6.10 Å². The fourth-order valence-corrected chi connectivity index (χ4v) is 8.97. The summed E-state index contributed by atoms with van der Waals surface area (Å²) in [6.07, 6.45) is 52.3. The van der Waals surface area contributed by atoms with Crippen LogP contribution in [0.15, 0.2) is 0 Å². The largest absolute Gasteiger partial charge is 0.462 e. The van der Waals surface area contributed by atoms with Crippen molar-refractivity contribution in [2.24, 2.45) is 17.8 Å². The van der Waals surface area contributed by atoms with Gasteiger partial charge in [0, 0.05) is 19.3 Å². The van der Waals surface area contributed by atoms with Gasteiger partial charge in [-0.25, -0.2) is 0 Å². The van der Waals surface area contributed by atoms with Crippen LogP contribution in [0.1, 0.15) is 324 Å². The molecule has 0 fully saturated rings. The molecule has 0 aromatic rings. The molecule has 0 saturated heterocycles. The Morgan fingerprint density at radius 2 is 0.538 bits per heavy atom. The topological polar surface area (TPSA) is 78.9 Å². The minimum Gasteiger partial charge on any atom is -0.462 e. The number of unbranched alkanes of at least 4 members (excludes halogenated alkanes) is 34. The lowest BCUT2D eigenvalue weighted by Crippen LogP contribution is -2.30. The molecule has 6 nitrogen and oxygen atoms in total. The molecular weight excluding hydrogens is 805 g/mol.